The van der Waals surface area contributed by atoms with Crippen LogP contribution in [0.2, 0.25) is 0 Å². The van der Waals surface area contributed by atoms with Crippen molar-refractivity contribution >= 4 is 10.8 Å². The van der Waals surface area contributed by atoms with Gasteiger partial charge in [0.2, 0.25) is 0 Å². The van der Waals surface area contributed by atoms with Crippen LogP contribution in [0.5, 0.6) is 5.75 Å². The van der Waals surface area contributed by atoms with Crippen LogP contribution in [0.15, 0.2) is 66.7 Å². The molecule has 18 heavy (non-hydrogen) atoms. The Balaban J connectivity index is 1.79. The standard InChI is InChI=1S/C17H13O/c1-2-6-14(7-3-1)13-18-17-11-10-15-8-4-5-9-16(15)12-17/h1-3,5-12H,13H2. The van der Waals surface area contributed by atoms with Gasteiger partial charge in [0.05, 0.1) is 0 Å². The van der Waals surface area contributed by atoms with Gasteiger partial charge in [0.25, 0.3) is 0 Å². The minimum Gasteiger partial charge on any atom is -0.489 e. The molecule has 87 valence electrons. The molecule has 0 aliphatic carbocycles. The van der Waals surface area contributed by atoms with Gasteiger partial charge in [-0.15, -0.1) is 0 Å². The lowest BCUT2D eigenvalue weighted by atomic mass is 10.1. The van der Waals surface area contributed by atoms with Crippen molar-refractivity contribution in [1.82, 2.24) is 0 Å². The molecule has 1 radical (unpaired) electrons. The van der Waals surface area contributed by atoms with Crippen LogP contribution < -0.4 is 4.74 Å². The van der Waals surface area contributed by atoms with Crippen LogP contribution in [0, 0.1) is 6.07 Å². The predicted molar refractivity (Wildman–Crippen MR) is 73.6 cm³/mol. The average molecular weight is 233 g/mol. The Hall–Kier alpha value is -2.28. The first-order valence-electron chi connectivity index (χ1n) is 5.98. The summed E-state index contributed by atoms with van der Waals surface area (Å²) in [6.07, 6.45) is 0. The molecule has 1 nitrogen and oxygen atoms in total. The van der Waals surface area contributed by atoms with Crippen molar-refractivity contribution in [2.75, 3.05) is 0 Å². The molecule has 3 rings (SSSR count). The maximum Gasteiger partial charge on any atom is 0.120 e. The van der Waals surface area contributed by atoms with Gasteiger partial charge in [-0.25, -0.2) is 0 Å². The summed E-state index contributed by atoms with van der Waals surface area (Å²) in [6, 6.07) is 25.3. The molecule has 0 spiro atoms. The minimum absolute atomic E-state index is 0.602. The third-order valence-electron chi connectivity index (χ3n) is 2.90. The van der Waals surface area contributed by atoms with Gasteiger partial charge >= 0.3 is 0 Å². The number of hydrogen-bond acceptors (Lipinski definition) is 1. The van der Waals surface area contributed by atoms with E-state index in [4.69, 9.17) is 4.74 Å². The number of rotatable bonds is 3. The Labute approximate surface area is 107 Å². The molecule has 0 aliphatic rings. The number of benzene rings is 3. The zero-order valence-electron chi connectivity index (χ0n) is 9.97. The van der Waals surface area contributed by atoms with Crippen molar-refractivity contribution < 1.29 is 4.74 Å². The Bertz CT molecular complexity index is 644. The van der Waals surface area contributed by atoms with Crippen LogP contribution in [-0.4, -0.2) is 0 Å². The van der Waals surface area contributed by atoms with Crippen molar-refractivity contribution in [3.05, 3.63) is 78.4 Å². The van der Waals surface area contributed by atoms with E-state index in [2.05, 4.69) is 30.3 Å². The zero-order valence-corrected chi connectivity index (χ0v) is 9.97. The van der Waals surface area contributed by atoms with Crippen LogP contribution in [0.1, 0.15) is 5.56 Å². The molecule has 0 saturated carbocycles. The highest BCUT2D eigenvalue weighted by atomic mass is 16.5. The van der Waals surface area contributed by atoms with Gasteiger partial charge in [-0.1, -0.05) is 48.5 Å². The Morgan fingerprint density at radius 2 is 1.78 bits per heavy atom. The Kier molecular flexibility index (Phi) is 2.97. The van der Waals surface area contributed by atoms with Gasteiger partial charge < -0.3 is 4.74 Å². The summed E-state index contributed by atoms with van der Waals surface area (Å²) in [5.41, 5.74) is 1.18. The van der Waals surface area contributed by atoms with Crippen LogP contribution >= 0.6 is 0 Å². The maximum absolute atomic E-state index is 5.79. The summed E-state index contributed by atoms with van der Waals surface area (Å²) in [7, 11) is 0. The van der Waals surface area contributed by atoms with Crippen molar-refractivity contribution in [1.29, 1.82) is 0 Å². The molecule has 0 saturated heterocycles. The molecule has 1 heteroatoms. The van der Waals surface area contributed by atoms with E-state index in [0.717, 1.165) is 5.75 Å². The molecule has 0 amide bonds. The fourth-order valence-corrected chi connectivity index (χ4v) is 1.94. The van der Waals surface area contributed by atoms with E-state index in [9.17, 15) is 0 Å². The summed E-state index contributed by atoms with van der Waals surface area (Å²) >= 11 is 0. The fraction of sp³-hybridized carbons (Fsp3) is 0.0588. The molecular weight excluding hydrogens is 220 g/mol. The first-order chi connectivity index (χ1) is 8.92. The fourth-order valence-electron chi connectivity index (χ4n) is 1.94. The second kappa shape index (κ2) is 4.92. The van der Waals surface area contributed by atoms with E-state index in [1.54, 1.807) is 0 Å². The highest BCUT2D eigenvalue weighted by molar-refractivity contribution is 5.83. The van der Waals surface area contributed by atoms with Crippen molar-refractivity contribution in [2.45, 2.75) is 6.61 Å². The van der Waals surface area contributed by atoms with Gasteiger partial charge in [-0.2, -0.15) is 0 Å². The molecule has 3 aromatic carbocycles. The molecule has 0 aromatic heterocycles. The Morgan fingerprint density at radius 3 is 2.67 bits per heavy atom. The average Bonchev–Trinajstić information content (AvgIpc) is 2.46. The van der Waals surface area contributed by atoms with Crippen LogP contribution in [-0.2, 0) is 6.61 Å². The Morgan fingerprint density at radius 1 is 0.889 bits per heavy atom. The van der Waals surface area contributed by atoms with Crippen LogP contribution in [0.25, 0.3) is 10.8 Å². The quantitative estimate of drug-likeness (QED) is 0.658. The SMILES string of the molecule is [c]1ccc2cc(OCc3ccccc3)ccc2c1. The van der Waals surface area contributed by atoms with Gasteiger partial charge in [-0.3, -0.25) is 0 Å². The molecule has 0 bridgehead atoms. The molecule has 3 aromatic rings. The summed E-state index contributed by atoms with van der Waals surface area (Å²) in [6.45, 7) is 0.602. The van der Waals surface area contributed by atoms with E-state index in [-0.39, 0.29) is 0 Å². The number of fused-ring (bicyclic) bond motifs is 1. The third kappa shape index (κ3) is 2.35. The molecule has 0 unspecified atom stereocenters. The predicted octanol–water partition coefficient (Wildman–Crippen LogP) is 4.22. The summed E-state index contributed by atoms with van der Waals surface area (Å²) < 4.78 is 5.79. The van der Waals surface area contributed by atoms with Crippen molar-refractivity contribution in [3.8, 4) is 5.75 Å². The van der Waals surface area contributed by atoms with Crippen molar-refractivity contribution in [3.63, 3.8) is 0 Å². The first-order valence-corrected chi connectivity index (χ1v) is 5.98. The topological polar surface area (TPSA) is 9.23 Å². The molecular formula is C17H13O. The summed E-state index contributed by atoms with van der Waals surface area (Å²) in [5.74, 6) is 0.901. The lowest BCUT2D eigenvalue weighted by Crippen LogP contribution is -1.94. The first kappa shape index (κ1) is 10.8. The van der Waals surface area contributed by atoms with E-state index < -0.39 is 0 Å². The molecule has 0 N–H and O–H groups in total. The van der Waals surface area contributed by atoms with Gasteiger partial charge in [0.15, 0.2) is 0 Å². The van der Waals surface area contributed by atoms with Crippen molar-refractivity contribution in [2.24, 2.45) is 0 Å². The van der Waals surface area contributed by atoms with E-state index in [1.165, 1.54) is 16.3 Å². The third-order valence-corrected chi connectivity index (χ3v) is 2.90. The molecule has 0 atom stereocenters. The van der Waals surface area contributed by atoms with Gasteiger partial charge in [-0.05, 0) is 40.6 Å². The lowest BCUT2D eigenvalue weighted by Gasteiger charge is -2.07. The highest BCUT2D eigenvalue weighted by Gasteiger charge is 1.97. The maximum atomic E-state index is 5.79. The minimum atomic E-state index is 0.602. The molecule has 0 fully saturated rings. The van der Waals surface area contributed by atoms with E-state index >= 15 is 0 Å². The highest BCUT2D eigenvalue weighted by Crippen LogP contribution is 2.21. The number of hydrogen-bond donors (Lipinski definition) is 0. The van der Waals surface area contributed by atoms with Gasteiger partial charge in [0, 0.05) is 0 Å². The summed E-state index contributed by atoms with van der Waals surface area (Å²) in [4.78, 5) is 0. The normalized spacial score (nSPS) is 10.4. The molecule has 0 heterocycles. The van der Waals surface area contributed by atoms with E-state index in [1.807, 2.05) is 42.5 Å². The van der Waals surface area contributed by atoms with Gasteiger partial charge in [0.1, 0.15) is 12.4 Å². The monoisotopic (exact) mass is 233 g/mol. The molecule has 0 aliphatic heterocycles. The second-order valence-corrected chi connectivity index (χ2v) is 4.21. The zero-order chi connectivity index (χ0) is 12.2. The van der Waals surface area contributed by atoms with Crippen LogP contribution in [0.3, 0.4) is 0 Å². The largest absolute Gasteiger partial charge is 0.489 e. The lowest BCUT2D eigenvalue weighted by molar-refractivity contribution is 0.306. The summed E-state index contributed by atoms with van der Waals surface area (Å²) in [5, 5.41) is 2.36. The van der Waals surface area contributed by atoms with E-state index in [0.29, 0.717) is 6.61 Å². The van der Waals surface area contributed by atoms with Crippen LogP contribution in [0.4, 0.5) is 0 Å². The smallest absolute Gasteiger partial charge is 0.120 e. The number of ether oxygens (including phenoxy) is 1. The second-order valence-electron chi connectivity index (χ2n) is 4.21.